The van der Waals surface area contributed by atoms with Crippen LogP contribution in [-0.2, 0) is 31.0 Å². The number of alkyl halides is 1. The summed E-state index contributed by atoms with van der Waals surface area (Å²) in [5.41, 5.74) is -1.76. The molecule has 3 aliphatic heterocycles. The predicted octanol–water partition coefficient (Wildman–Crippen LogP) is 1.39. The van der Waals surface area contributed by atoms with Gasteiger partial charge in [0.1, 0.15) is 6.67 Å². The molecule has 0 aliphatic carbocycles. The molecule has 0 spiro atoms. The van der Waals surface area contributed by atoms with Gasteiger partial charge in [0.2, 0.25) is 21.8 Å². The fourth-order valence-electron chi connectivity index (χ4n) is 5.21. The van der Waals surface area contributed by atoms with E-state index >= 15 is 0 Å². The van der Waals surface area contributed by atoms with Gasteiger partial charge in [-0.25, -0.2) is 22.4 Å². The molecule has 3 heterocycles. The Kier molecular flexibility index (Phi) is 4.58. The summed E-state index contributed by atoms with van der Waals surface area (Å²) in [6, 6.07) is 5.39. The molecule has 0 aromatic heterocycles. The third-order valence-electron chi connectivity index (χ3n) is 6.65. The number of nitrogens with zero attached hydrogens (tertiary/aromatic N) is 2. The van der Waals surface area contributed by atoms with Crippen molar-refractivity contribution in [2.45, 2.75) is 51.1 Å². The topological polar surface area (TPSA) is 117 Å². The molecule has 4 rings (SSSR count). The Bertz CT molecular complexity index is 1100. The number of anilines is 1. The van der Waals surface area contributed by atoms with Gasteiger partial charge in [0.25, 0.3) is 0 Å². The number of amides is 2. The fraction of sp³-hybridized carbons (Fsp3) is 0.550. The third kappa shape index (κ3) is 2.72. The zero-order valence-corrected chi connectivity index (χ0v) is 17.6. The van der Waals surface area contributed by atoms with Crippen LogP contribution in [0.5, 0.6) is 0 Å². The van der Waals surface area contributed by atoms with Crippen LogP contribution in [0, 0.1) is 23.2 Å². The van der Waals surface area contributed by atoms with Crippen LogP contribution in [0.25, 0.3) is 0 Å². The molecule has 1 N–H and O–H groups in total. The lowest BCUT2D eigenvalue weighted by molar-refractivity contribution is -0.129. The Labute approximate surface area is 174 Å². The number of nitrogens with one attached hydrogen (secondary N) is 1. The second kappa shape index (κ2) is 6.57. The smallest absolute Gasteiger partial charge is 0.240 e. The van der Waals surface area contributed by atoms with E-state index in [0.717, 1.165) is 4.90 Å². The van der Waals surface area contributed by atoms with Crippen molar-refractivity contribution in [3.05, 3.63) is 29.3 Å². The second-order valence-corrected chi connectivity index (χ2v) is 10.5. The summed E-state index contributed by atoms with van der Waals surface area (Å²) < 4.78 is 46.4. The zero-order valence-electron chi connectivity index (χ0n) is 16.8. The summed E-state index contributed by atoms with van der Waals surface area (Å²) in [4.78, 5) is 27.6. The Morgan fingerprint density at radius 3 is 2.57 bits per heavy atom. The molecule has 3 unspecified atom stereocenters. The first-order valence-electron chi connectivity index (χ1n) is 9.68. The number of rotatable bonds is 5. The fourth-order valence-corrected chi connectivity index (χ4v) is 6.13. The molecule has 8 nitrogen and oxygen atoms in total. The molecule has 2 amide bonds. The number of halogens is 1. The van der Waals surface area contributed by atoms with E-state index < -0.39 is 57.6 Å². The van der Waals surface area contributed by atoms with Crippen LogP contribution in [0.2, 0.25) is 0 Å². The van der Waals surface area contributed by atoms with E-state index in [0.29, 0.717) is 0 Å². The maximum atomic E-state index is 13.4. The van der Waals surface area contributed by atoms with Gasteiger partial charge in [0.15, 0.2) is 0 Å². The van der Waals surface area contributed by atoms with Crippen LogP contribution in [0.4, 0.5) is 10.1 Å². The lowest BCUT2D eigenvalue weighted by Crippen LogP contribution is -2.56. The molecule has 0 radical (unpaired) electrons. The molecule has 10 heteroatoms. The average Bonchev–Trinajstić information content (AvgIpc) is 3.21. The number of fused-ring (bicyclic) bond motifs is 5. The van der Waals surface area contributed by atoms with E-state index in [9.17, 15) is 22.4 Å². The quantitative estimate of drug-likeness (QED) is 0.699. The lowest BCUT2D eigenvalue weighted by atomic mass is 9.67. The van der Waals surface area contributed by atoms with Crippen molar-refractivity contribution in [2.75, 3.05) is 10.7 Å². The zero-order chi connectivity index (χ0) is 22.1. The molecule has 30 heavy (non-hydrogen) atoms. The molecule has 5 atom stereocenters. The number of carbonyl (C=O) groups excluding carboxylic acids is 2. The minimum atomic E-state index is -3.54. The molecule has 2 bridgehead atoms. The van der Waals surface area contributed by atoms with Crippen molar-refractivity contribution in [3.63, 3.8) is 0 Å². The van der Waals surface area contributed by atoms with Crippen LogP contribution >= 0.6 is 0 Å². The first-order valence-corrected chi connectivity index (χ1v) is 11.3. The van der Waals surface area contributed by atoms with Crippen molar-refractivity contribution in [1.29, 1.82) is 5.26 Å². The summed E-state index contributed by atoms with van der Waals surface area (Å²) in [6.45, 7) is 3.99. The van der Waals surface area contributed by atoms with Gasteiger partial charge in [0.05, 0.1) is 52.2 Å². The van der Waals surface area contributed by atoms with Crippen molar-refractivity contribution in [1.82, 2.24) is 4.72 Å². The highest BCUT2D eigenvalue weighted by atomic mass is 32.2. The molecule has 0 saturated carbocycles. The SMILES string of the molecule is CCS(=O)(=O)N[C@@H]1CC2(C)OC1(C)[C@@H]1C(=O)N(c3ccc(C#N)c(CF)c3)C(=O)C12. The van der Waals surface area contributed by atoms with Gasteiger partial charge in [-0.3, -0.25) is 9.59 Å². The van der Waals surface area contributed by atoms with E-state index in [-0.39, 0.29) is 29.0 Å². The third-order valence-corrected chi connectivity index (χ3v) is 8.05. The Morgan fingerprint density at radius 2 is 1.97 bits per heavy atom. The maximum absolute atomic E-state index is 13.4. The summed E-state index contributed by atoms with van der Waals surface area (Å²) in [5, 5.41) is 9.09. The van der Waals surface area contributed by atoms with Crippen molar-refractivity contribution in [2.24, 2.45) is 11.8 Å². The molecule has 3 saturated heterocycles. The van der Waals surface area contributed by atoms with E-state index in [1.807, 2.05) is 6.07 Å². The number of benzene rings is 1. The van der Waals surface area contributed by atoms with Gasteiger partial charge in [-0.2, -0.15) is 5.26 Å². The highest BCUT2D eigenvalue weighted by molar-refractivity contribution is 7.89. The highest BCUT2D eigenvalue weighted by Gasteiger charge is 2.76. The van der Waals surface area contributed by atoms with Crippen LogP contribution in [-0.4, -0.2) is 43.2 Å². The number of ether oxygens (including phenoxy) is 1. The van der Waals surface area contributed by atoms with E-state index in [1.165, 1.54) is 25.1 Å². The normalized spacial score (nSPS) is 35.0. The van der Waals surface area contributed by atoms with Gasteiger partial charge >= 0.3 is 0 Å². The largest absolute Gasteiger partial charge is 0.366 e. The van der Waals surface area contributed by atoms with Crippen LogP contribution in [0.3, 0.4) is 0 Å². The van der Waals surface area contributed by atoms with Crippen LogP contribution in [0.15, 0.2) is 18.2 Å². The number of hydrogen-bond donors (Lipinski definition) is 1. The van der Waals surface area contributed by atoms with E-state index in [2.05, 4.69) is 4.72 Å². The minimum absolute atomic E-state index is 0.0953. The number of carbonyl (C=O) groups is 2. The van der Waals surface area contributed by atoms with Crippen molar-refractivity contribution in [3.8, 4) is 6.07 Å². The van der Waals surface area contributed by atoms with E-state index in [1.54, 1.807) is 13.8 Å². The number of nitriles is 1. The summed E-state index contributed by atoms with van der Waals surface area (Å²) >= 11 is 0. The number of imide groups is 1. The summed E-state index contributed by atoms with van der Waals surface area (Å²) in [5.74, 6) is -2.70. The summed E-state index contributed by atoms with van der Waals surface area (Å²) in [7, 11) is -3.54. The van der Waals surface area contributed by atoms with E-state index in [4.69, 9.17) is 10.00 Å². The first kappa shape index (κ1) is 20.9. The number of hydrogen-bond acceptors (Lipinski definition) is 6. The van der Waals surface area contributed by atoms with Crippen molar-refractivity contribution < 1.29 is 27.1 Å². The second-order valence-electron chi connectivity index (χ2n) is 8.43. The monoisotopic (exact) mass is 435 g/mol. The van der Waals surface area contributed by atoms with Gasteiger partial charge < -0.3 is 4.74 Å². The lowest BCUT2D eigenvalue weighted by Gasteiger charge is -2.35. The van der Waals surface area contributed by atoms with Gasteiger partial charge in [-0.1, -0.05) is 0 Å². The molecule has 3 aliphatic rings. The molecular weight excluding hydrogens is 413 g/mol. The Hall–Kier alpha value is -2.35. The standard InChI is InChI=1S/C20H22FN3O5S/c1-4-30(27,28)23-14-8-19(2)15-16(20(14,3)29-19)18(26)24(17(15)25)13-6-5-11(10-22)12(7-13)9-21/h5-7,14-16,23H,4,8-9H2,1-3H3/t14-,15?,16+,19?,20?/m1/s1. The van der Waals surface area contributed by atoms with Crippen LogP contribution in [0.1, 0.15) is 38.3 Å². The van der Waals surface area contributed by atoms with Crippen molar-refractivity contribution >= 4 is 27.5 Å². The molecule has 160 valence electrons. The predicted molar refractivity (Wildman–Crippen MR) is 104 cm³/mol. The average molecular weight is 435 g/mol. The maximum Gasteiger partial charge on any atom is 0.240 e. The number of sulfonamides is 1. The molecular formula is C20H22FN3O5S. The molecule has 1 aromatic carbocycles. The Morgan fingerprint density at radius 1 is 1.30 bits per heavy atom. The van der Waals surface area contributed by atoms with Crippen LogP contribution < -0.4 is 9.62 Å². The molecule has 1 aromatic rings. The molecule has 3 fully saturated rings. The Balaban J connectivity index is 1.74. The minimum Gasteiger partial charge on any atom is -0.366 e. The first-order chi connectivity index (χ1) is 14.0. The van der Waals surface area contributed by atoms with Gasteiger partial charge in [-0.15, -0.1) is 0 Å². The summed E-state index contributed by atoms with van der Waals surface area (Å²) in [6.07, 6.45) is 0.264. The van der Waals surface area contributed by atoms with Gasteiger partial charge in [-0.05, 0) is 45.4 Å². The highest BCUT2D eigenvalue weighted by Crippen LogP contribution is 2.61. The van der Waals surface area contributed by atoms with Gasteiger partial charge in [0, 0.05) is 5.56 Å².